The average Bonchev–Trinajstić information content (AvgIpc) is 2.89. The summed E-state index contributed by atoms with van der Waals surface area (Å²) in [5.74, 6) is -0.936. The van der Waals surface area contributed by atoms with E-state index in [1.165, 1.54) is 0 Å². The molecule has 0 amide bonds. The molecular weight excluding hydrogens is 242 g/mol. The van der Waals surface area contributed by atoms with Gasteiger partial charge in [0.05, 0.1) is 11.9 Å². The Hall–Kier alpha value is -2.40. The molecule has 5 nitrogen and oxygen atoms in total. The summed E-state index contributed by atoms with van der Waals surface area (Å²) in [5, 5.41) is 16.3. The molecule has 0 radical (unpaired) electrons. The molecule has 5 heteroatoms. The highest BCUT2D eigenvalue weighted by Crippen LogP contribution is 2.15. The first-order valence-corrected chi connectivity index (χ1v) is 5.89. The van der Waals surface area contributed by atoms with Gasteiger partial charge in [-0.2, -0.15) is 5.10 Å². The topological polar surface area (TPSA) is 67.2 Å². The molecule has 0 fully saturated rings. The quantitative estimate of drug-likeness (QED) is 0.774. The van der Waals surface area contributed by atoms with Gasteiger partial charge in [0.1, 0.15) is 6.04 Å². The Morgan fingerprint density at radius 1 is 1.47 bits per heavy atom. The van der Waals surface area contributed by atoms with E-state index >= 15 is 0 Å². The minimum absolute atomic E-state index is 0.424. The Morgan fingerprint density at radius 3 is 2.84 bits per heavy atom. The lowest BCUT2D eigenvalue weighted by atomic mass is 10.1. The van der Waals surface area contributed by atoms with Crippen molar-refractivity contribution >= 4 is 5.97 Å². The number of carboxylic acids is 1. The van der Waals surface area contributed by atoms with E-state index in [0.29, 0.717) is 12.1 Å². The predicted molar refractivity (Wildman–Crippen MR) is 72.1 cm³/mol. The summed E-state index contributed by atoms with van der Waals surface area (Å²) in [5.41, 5.74) is 1.50. The van der Waals surface area contributed by atoms with Crippen molar-refractivity contribution < 1.29 is 9.90 Å². The Balaban J connectivity index is 2.23. The Kier molecular flexibility index (Phi) is 4.10. The summed E-state index contributed by atoms with van der Waals surface area (Å²) in [4.78, 5) is 11.2. The summed E-state index contributed by atoms with van der Waals surface area (Å²) in [6, 6.07) is 8.76. The molecule has 2 rings (SSSR count). The number of hydrogen-bond donors (Lipinski definition) is 2. The van der Waals surface area contributed by atoms with Crippen molar-refractivity contribution in [2.45, 2.75) is 6.04 Å². The molecule has 0 aliphatic carbocycles. The summed E-state index contributed by atoms with van der Waals surface area (Å²) in [6.45, 7) is 3.99. The van der Waals surface area contributed by atoms with E-state index in [9.17, 15) is 9.90 Å². The third kappa shape index (κ3) is 3.08. The highest BCUT2D eigenvalue weighted by Gasteiger charge is 2.20. The lowest BCUT2D eigenvalue weighted by Crippen LogP contribution is -2.28. The van der Waals surface area contributed by atoms with E-state index in [1.54, 1.807) is 23.2 Å². The third-order valence-electron chi connectivity index (χ3n) is 2.67. The number of aromatic nitrogens is 2. The molecule has 2 aromatic rings. The van der Waals surface area contributed by atoms with Gasteiger partial charge < -0.3 is 5.11 Å². The third-order valence-corrected chi connectivity index (χ3v) is 2.67. The van der Waals surface area contributed by atoms with E-state index in [0.717, 1.165) is 5.69 Å². The van der Waals surface area contributed by atoms with Crippen molar-refractivity contribution in [2.24, 2.45) is 0 Å². The van der Waals surface area contributed by atoms with Crippen LogP contribution in [0.2, 0.25) is 0 Å². The van der Waals surface area contributed by atoms with Gasteiger partial charge in [0.2, 0.25) is 0 Å². The zero-order valence-electron chi connectivity index (χ0n) is 10.4. The van der Waals surface area contributed by atoms with E-state index in [1.807, 2.05) is 30.3 Å². The van der Waals surface area contributed by atoms with Gasteiger partial charge in [-0.05, 0) is 12.1 Å². The highest BCUT2D eigenvalue weighted by atomic mass is 16.4. The number of nitrogens with zero attached hydrogens (tertiary/aromatic N) is 2. The number of carboxylic acid groups (broad SMARTS) is 1. The number of aliphatic carboxylic acids is 1. The van der Waals surface area contributed by atoms with Gasteiger partial charge in [-0.1, -0.05) is 24.3 Å². The van der Waals surface area contributed by atoms with Gasteiger partial charge in [0.25, 0.3) is 0 Å². The molecule has 2 N–H and O–H groups in total. The van der Waals surface area contributed by atoms with Crippen molar-refractivity contribution in [3.8, 4) is 5.69 Å². The van der Waals surface area contributed by atoms with Crippen LogP contribution in [0.5, 0.6) is 0 Å². The standard InChI is InChI=1S/C14H15N3O2/c1-2-8-15-13(14(18)19)11-9-16-17(10-11)12-6-4-3-5-7-12/h2-7,9-10,13,15H,1,8H2,(H,18,19). The van der Waals surface area contributed by atoms with Crippen molar-refractivity contribution in [3.63, 3.8) is 0 Å². The molecule has 0 saturated carbocycles. The molecule has 19 heavy (non-hydrogen) atoms. The Labute approximate surface area is 111 Å². The summed E-state index contributed by atoms with van der Waals surface area (Å²) < 4.78 is 1.65. The van der Waals surface area contributed by atoms with Crippen LogP contribution in [-0.2, 0) is 4.79 Å². The molecule has 1 heterocycles. The van der Waals surface area contributed by atoms with E-state index in [2.05, 4.69) is 17.0 Å². The monoisotopic (exact) mass is 257 g/mol. The maximum atomic E-state index is 11.2. The lowest BCUT2D eigenvalue weighted by molar-refractivity contribution is -0.139. The summed E-state index contributed by atoms with van der Waals surface area (Å²) >= 11 is 0. The van der Waals surface area contributed by atoms with Crippen molar-refractivity contribution in [1.29, 1.82) is 0 Å². The van der Waals surface area contributed by atoms with E-state index in [-0.39, 0.29) is 0 Å². The Bertz CT molecular complexity index is 563. The van der Waals surface area contributed by atoms with Crippen molar-refractivity contribution in [1.82, 2.24) is 15.1 Å². The second-order valence-corrected chi connectivity index (χ2v) is 4.02. The van der Waals surface area contributed by atoms with Crippen LogP contribution >= 0.6 is 0 Å². The number of benzene rings is 1. The maximum Gasteiger partial charge on any atom is 0.325 e. The summed E-state index contributed by atoms with van der Waals surface area (Å²) in [6.07, 6.45) is 4.89. The average molecular weight is 257 g/mol. The normalized spacial score (nSPS) is 12.0. The van der Waals surface area contributed by atoms with Crippen LogP contribution in [0.1, 0.15) is 11.6 Å². The number of carbonyl (C=O) groups is 1. The van der Waals surface area contributed by atoms with Crippen LogP contribution < -0.4 is 5.32 Å². The van der Waals surface area contributed by atoms with Gasteiger partial charge in [0.15, 0.2) is 0 Å². The van der Waals surface area contributed by atoms with Crippen LogP contribution in [0.25, 0.3) is 5.69 Å². The van der Waals surface area contributed by atoms with Crippen LogP contribution in [-0.4, -0.2) is 27.4 Å². The lowest BCUT2D eigenvalue weighted by Gasteiger charge is -2.10. The second kappa shape index (κ2) is 5.97. The number of para-hydroxylation sites is 1. The molecular formula is C14H15N3O2. The van der Waals surface area contributed by atoms with Gasteiger partial charge in [0, 0.05) is 18.3 Å². The van der Waals surface area contributed by atoms with Gasteiger partial charge in [-0.3, -0.25) is 10.1 Å². The van der Waals surface area contributed by atoms with E-state index in [4.69, 9.17) is 0 Å². The minimum Gasteiger partial charge on any atom is -0.480 e. The zero-order chi connectivity index (χ0) is 13.7. The maximum absolute atomic E-state index is 11.2. The summed E-state index contributed by atoms with van der Waals surface area (Å²) in [7, 11) is 0. The molecule has 0 aliphatic heterocycles. The molecule has 1 aromatic carbocycles. The van der Waals surface area contributed by atoms with E-state index < -0.39 is 12.0 Å². The van der Waals surface area contributed by atoms with Crippen LogP contribution in [0.4, 0.5) is 0 Å². The first kappa shape index (κ1) is 13.0. The first-order valence-electron chi connectivity index (χ1n) is 5.89. The largest absolute Gasteiger partial charge is 0.480 e. The first-order chi connectivity index (χ1) is 9.22. The Morgan fingerprint density at radius 2 is 2.21 bits per heavy atom. The fraction of sp³-hybridized carbons (Fsp3) is 0.143. The molecule has 1 aromatic heterocycles. The molecule has 0 saturated heterocycles. The van der Waals surface area contributed by atoms with Crippen molar-refractivity contribution in [3.05, 3.63) is 60.9 Å². The molecule has 98 valence electrons. The molecule has 1 unspecified atom stereocenters. The van der Waals surface area contributed by atoms with Crippen molar-refractivity contribution in [2.75, 3.05) is 6.54 Å². The predicted octanol–water partition coefficient (Wildman–Crippen LogP) is 1.77. The smallest absolute Gasteiger partial charge is 0.325 e. The molecule has 0 bridgehead atoms. The minimum atomic E-state index is -0.936. The number of nitrogens with one attached hydrogen (secondary N) is 1. The molecule has 0 spiro atoms. The fourth-order valence-corrected chi connectivity index (χ4v) is 1.76. The SMILES string of the molecule is C=CCNC(C(=O)O)c1cnn(-c2ccccc2)c1. The molecule has 1 atom stereocenters. The van der Waals surface area contributed by atoms with Gasteiger partial charge in [-0.25, -0.2) is 4.68 Å². The van der Waals surface area contributed by atoms with Gasteiger partial charge >= 0.3 is 5.97 Å². The van der Waals surface area contributed by atoms with Crippen LogP contribution in [0.3, 0.4) is 0 Å². The van der Waals surface area contributed by atoms with Crippen LogP contribution in [0.15, 0.2) is 55.4 Å². The zero-order valence-corrected chi connectivity index (χ0v) is 10.4. The second-order valence-electron chi connectivity index (χ2n) is 4.02. The van der Waals surface area contributed by atoms with Gasteiger partial charge in [-0.15, -0.1) is 6.58 Å². The number of rotatable bonds is 6. The highest BCUT2D eigenvalue weighted by molar-refractivity contribution is 5.75. The molecule has 0 aliphatic rings. The fourth-order valence-electron chi connectivity index (χ4n) is 1.76. The number of hydrogen-bond acceptors (Lipinski definition) is 3. The van der Waals surface area contributed by atoms with Crippen LogP contribution in [0, 0.1) is 0 Å².